The minimum Gasteiger partial charge on any atom is -0.506 e. The van der Waals surface area contributed by atoms with E-state index < -0.39 is 40.5 Å². The van der Waals surface area contributed by atoms with Gasteiger partial charge in [0.2, 0.25) is 11.2 Å². The van der Waals surface area contributed by atoms with Crippen molar-refractivity contribution in [2.45, 2.75) is 37.6 Å². The third kappa shape index (κ3) is 3.62. The molecule has 0 bridgehead atoms. The van der Waals surface area contributed by atoms with Crippen molar-refractivity contribution < 1.29 is 27.3 Å². The molecule has 4 rings (SSSR count). The third-order valence-electron chi connectivity index (χ3n) is 5.43. The lowest BCUT2D eigenvalue weighted by molar-refractivity contribution is -0.117. The molecule has 3 atom stereocenters. The number of anilines is 1. The normalized spacial score (nSPS) is 28.8. The Bertz CT molecular complexity index is 877. The topological polar surface area (TPSA) is 81.7 Å². The zero-order chi connectivity index (χ0) is 20.1. The molecule has 2 aliphatic heterocycles. The number of hydrogen-bond acceptors (Lipinski definition) is 4. The molecular weight excluding hydrogens is 395 g/mol. The highest BCUT2D eigenvalue weighted by atomic mass is 32.2. The molecule has 1 aromatic carbocycles. The number of rotatable bonds is 5. The molecule has 6 nitrogen and oxygen atoms in total. The molecule has 1 amide bonds. The summed E-state index contributed by atoms with van der Waals surface area (Å²) in [6.45, 7) is 0.0405. The van der Waals surface area contributed by atoms with Crippen LogP contribution in [0, 0.1) is 11.7 Å². The number of phenolic OH excluding ortho intramolecular Hbond substituents is 1. The zero-order valence-corrected chi connectivity index (χ0v) is 15.7. The Morgan fingerprint density at radius 2 is 2.07 bits per heavy atom. The van der Waals surface area contributed by atoms with Crippen LogP contribution in [0.5, 0.6) is 5.75 Å². The maximum absolute atomic E-state index is 15.1. The van der Waals surface area contributed by atoms with Crippen LogP contribution in [0.25, 0.3) is 5.57 Å². The van der Waals surface area contributed by atoms with Gasteiger partial charge in [-0.05, 0) is 37.0 Å². The van der Waals surface area contributed by atoms with E-state index in [2.05, 4.69) is 10.0 Å². The van der Waals surface area contributed by atoms with Crippen molar-refractivity contribution in [2.24, 2.45) is 5.92 Å². The lowest BCUT2D eigenvalue weighted by Gasteiger charge is -2.25. The average molecular weight is 415 g/mol. The number of nitrogens with one attached hydrogen (secondary N) is 2. The summed E-state index contributed by atoms with van der Waals surface area (Å²) < 4.78 is 56.1. The summed E-state index contributed by atoms with van der Waals surface area (Å²) in [4.78, 5) is 11.4. The Kier molecular flexibility index (Phi) is 4.86. The van der Waals surface area contributed by atoms with E-state index in [1.54, 1.807) is 0 Å². The van der Waals surface area contributed by atoms with Crippen molar-refractivity contribution in [1.29, 1.82) is 0 Å². The van der Waals surface area contributed by atoms with Crippen molar-refractivity contribution in [3.8, 4) is 5.75 Å². The van der Waals surface area contributed by atoms with Gasteiger partial charge in [0, 0.05) is 30.5 Å². The first-order valence-electron chi connectivity index (χ1n) is 9.07. The molecule has 28 heavy (non-hydrogen) atoms. The maximum Gasteiger partial charge on any atom is 0.253 e. The maximum atomic E-state index is 15.1. The zero-order valence-electron chi connectivity index (χ0n) is 14.9. The van der Waals surface area contributed by atoms with Gasteiger partial charge in [0.15, 0.2) is 5.82 Å². The number of hydrogen-bond donors (Lipinski definition) is 3. The van der Waals surface area contributed by atoms with Crippen LogP contribution in [-0.4, -0.2) is 40.3 Å². The number of alkyl halides is 2. The Morgan fingerprint density at radius 1 is 1.32 bits per heavy atom. The fraction of sp³-hybridized carbons (Fsp3) is 0.500. The fourth-order valence-corrected chi connectivity index (χ4v) is 4.62. The van der Waals surface area contributed by atoms with E-state index in [1.165, 1.54) is 12.1 Å². The highest BCUT2D eigenvalue weighted by Gasteiger charge is 2.56. The number of carbonyl (C=O) groups excluding carboxylic acids is 1. The van der Waals surface area contributed by atoms with Crippen LogP contribution in [0.3, 0.4) is 0 Å². The van der Waals surface area contributed by atoms with Crippen molar-refractivity contribution in [3.63, 3.8) is 0 Å². The quantitative estimate of drug-likeness (QED) is 0.689. The molecule has 0 spiro atoms. The van der Waals surface area contributed by atoms with Crippen molar-refractivity contribution >= 4 is 28.3 Å². The summed E-state index contributed by atoms with van der Waals surface area (Å²) in [5.41, 5.74) is 0.619. The summed E-state index contributed by atoms with van der Waals surface area (Å²) in [6.07, 6.45) is 3.51. The van der Waals surface area contributed by atoms with Gasteiger partial charge in [-0.1, -0.05) is 6.08 Å². The van der Waals surface area contributed by atoms with Gasteiger partial charge < -0.3 is 10.4 Å². The molecule has 0 radical (unpaired) electrons. The second-order valence-corrected chi connectivity index (χ2v) is 8.53. The number of phenols is 1. The van der Waals surface area contributed by atoms with Gasteiger partial charge >= 0.3 is 0 Å². The van der Waals surface area contributed by atoms with Crippen LogP contribution in [0.4, 0.5) is 18.9 Å². The minimum atomic E-state index is -2.51. The lowest BCUT2D eigenvalue weighted by Crippen LogP contribution is -2.33. The Labute approximate surface area is 162 Å². The molecule has 1 aromatic rings. The predicted octanol–water partition coefficient (Wildman–Crippen LogP) is 2.23. The van der Waals surface area contributed by atoms with Gasteiger partial charge in [0.05, 0.1) is 0 Å². The van der Waals surface area contributed by atoms with E-state index >= 15 is 4.39 Å². The lowest BCUT2D eigenvalue weighted by atomic mass is 9.95. The Hall–Kier alpha value is -2.07. The van der Waals surface area contributed by atoms with E-state index in [-0.39, 0.29) is 30.3 Å². The first-order valence-corrected chi connectivity index (χ1v) is 10.2. The molecule has 1 saturated heterocycles. The Morgan fingerprint density at radius 3 is 2.64 bits per heavy atom. The number of carbonyl (C=O) groups is 1. The van der Waals surface area contributed by atoms with Gasteiger partial charge in [-0.25, -0.2) is 17.4 Å². The monoisotopic (exact) mass is 415 g/mol. The van der Waals surface area contributed by atoms with Crippen molar-refractivity contribution in [3.05, 3.63) is 29.6 Å². The highest BCUT2D eigenvalue weighted by Crippen LogP contribution is 2.51. The number of aromatic hydroxyl groups is 1. The Balaban J connectivity index is 1.48. The highest BCUT2D eigenvalue weighted by molar-refractivity contribution is 7.85. The summed E-state index contributed by atoms with van der Waals surface area (Å²) in [5.74, 6) is -4.71. The first-order chi connectivity index (χ1) is 13.3. The second kappa shape index (κ2) is 7.07. The predicted molar refractivity (Wildman–Crippen MR) is 98.4 cm³/mol. The molecule has 152 valence electrons. The smallest absolute Gasteiger partial charge is 0.253 e. The molecule has 1 aliphatic carbocycles. The van der Waals surface area contributed by atoms with Gasteiger partial charge in [0.1, 0.15) is 18.0 Å². The molecular formula is C18H20F3N3O3S. The molecule has 0 aromatic heterocycles. The standard InChI is InChI=1S/C18H20F3N3O3S/c19-16-13(5-6-14(25)17(16)24-9-15(26)23-28(24)27)10-1-3-12(22-8-10)4-2-11-7-18(11,20)21/h1,5-6,11-12,22,25H,2-4,7-9H2,(H,23,26). The second-order valence-electron chi connectivity index (χ2n) is 7.39. The number of amides is 1. The van der Waals surface area contributed by atoms with Crippen LogP contribution in [0.2, 0.25) is 0 Å². The fourth-order valence-electron chi connectivity index (χ4n) is 3.68. The van der Waals surface area contributed by atoms with Crippen LogP contribution < -0.4 is 14.3 Å². The number of nitrogens with zero attached hydrogens (tertiary/aromatic N) is 1. The average Bonchev–Trinajstić information content (AvgIpc) is 3.12. The van der Waals surface area contributed by atoms with E-state index in [0.717, 1.165) is 4.31 Å². The molecule has 3 aliphatic rings. The van der Waals surface area contributed by atoms with Crippen molar-refractivity contribution in [2.75, 3.05) is 17.4 Å². The van der Waals surface area contributed by atoms with Crippen LogP contribution in [-0.2, 0) is 16.0 Å². The van der Waals surface area contributed by atoms with Crippen LogP contribution in [0.1, 0.15) is 31.2 Å². The van der Waals surface area contributed by atoms with E-state index in [4.69, 9.17) is 0 Å². The SMILES string of the molecule is O=C1CN(c2c(O)ccc(C3=CCC(CCC4CC4(F)F)NC3)c2F)S(=O)N1. The number of halogens is 3. The largest absolute Gasteiger partial charge is 0.506 e. The summed E-state index contributed by atoms with van der Waals surface area (Å²) >= 11 is -1.95. The third-order valence-corrected chi connectivity index (χ3v) is 6.54. The summed E-state index contributed by atoms with van der Waals surface area (Å²) in [6, 6.07) is 2.80. The molecule has 1 saturated carbocycles. The van der Waals surface area contributed by atoms with Gasteiger partial charge in [-0.15, -0.1) is 0 Å². The minimum absolute atomic E-state index is 0.0302. The van der Waals surface area contributed by atoms with Gasteiger partial charge in [-0.3, -0.25) is 13.8 Å². The molecule has 3 unspecified atom stereocenters. The summed E-state index contributed by atoms with van der Waals surface area (Å²) in [5, 5.41) is 13.3. The van der Waals surface area contributed by atoms with E-state index in [0.29, 0.717) is 31.4 Å². The molecule has 10 heteroatoms. The van der Waals surface area contributed by atoms with Crippen LogP contribution >= 0.6 is 0 Å². The molecule has 2 heterocycles. The van der Waals surface area contributed by atoms with E-state index in [1.807, 2.05) is 6.08 Å². The van der Waals surface area contributed by atoms with Crippen molar-refractivity contribution in [1.82, 2.24) is 10.0 Å². The first kappa shape index (κ1) is 19.3. The van der Waals surface area contributed by atoms with Gasteiger partial charge in [-0.2, -0.15) is 0 Å². The number of benzene rings is 1. The molecule has 3 N–H and O–H groups in total. The van der Waals surface area contributed by atoms with E-state index in [9.17, 15) is 22.9 Å². The summed E-state index contributed by atoms with van der Waals surface area (Å²) in [7, 11) is 0. The van der Waals surface area contributed by atoms with Crippen LogP contribution in [0.15, 0.2) is 18.2 Å². The molecule has 2 fully saturated rings. The van der Waals surface area contributed by atoms with Gasteiger partial charge in [0.25, 0.3) is 11.8 Å².